The molecule has 0 fully saturated rings. The van der Waals surface area contributed by atoms with Gasteiger partial charge in [0.25, 0.3) is 5.91 Å². The molecule has 4 aromatic rings. The van der Waals surface area contributed by atoms with Crippen LogP contribution >= 0.6 is 0 Å². The smallest absolute Gasteiger partial charge is 0.254 e. The highest BCUT2D eigenvalue weighted by atomic mass is 16.2. The van der Waals surface area contributed by atoms with E-state index in [2.05, 4.69) is 17.1 Å². The number of carbonyl (C=O) groups excluding carboxylic acids is 2. The maximum absolute atomic E-state index is 13.2. The number of aromatic amines is 1. The van der Waals surface area contributed by atoms with Crippen LogP contribution in [-0.2, 0) is 6.42 Å². The van der Waals surface area contributed by atoms with E-state index in [-0.39, 0.29) is 17.7 Å². The molecule has 1 aromatic heterocycles. The van der Waals surface area contributed by atoms with Crippen molar-refractivity contribution in [3.63, 3.8) is 0 Å². The zero-order valence-electron chi connectivity index (χ0n) is 16.5. The molecule has 0 aliphatic carbocycles. The number of rotatable bonds is 6. The predicted octanol–water partition coefficient (Wildman–Crippen LogP) is 5.18. The van der Waals surface area contributed by atoms with Crippen LogP contribution < -0.4 is 0 Å². The lowest BCUT2D eigenvalue weighted by Crippen LogP contribution is -2.31. The Hall–Kier alpha value is -3.66. The lowest BCUT2D eigenvalue weighted by Gasteiger charge is -2.25. The average Bonchev–Trinajstić information content (AvgIpc) is 3.32. The number of carbonyl (C=O) groups is 2. The molecule has 0 spiro atoms. The number of nitrogens with one attached hydrogen (secondary N) is 1. The number of hydrogen-bond donors (Lipinski definition) is 1. The van der Waals surface area contributed by atoms with Crippen molar-refractivity contribution in [1.29, 1.82) is 0 Å². The fourth-order valence-electron chi connectivity index (χ4n) is 4.42. The summed E-state index contributed by atoms with van der Waals surface area (Å²) in [5, 5.41) is 1.18. The molecule has 1 amide bonds. The minimum absolute atomic E-state index is 0.0105. The molecule has 1 unspecified atom stereocenters. The molecule has 0 saturated heterocycles. The van der Waals surface area contributed by atoms with Gasteiger partial charge in [-0.05, 0) is 29.7 Å². The molecule has 0 bridgehead atoms. The molecule has 4 heteroatoms. The zero-order valence-corrected chi connectivity index (χ0v) is 16.5. The van der Waals surface area contributed by atoms with Crippen LogP contribution in [0.2, 0.25) is 0 Å². The summed E-state index contributed by atoms with van der Waals surface area (Å²) >= 11 is 0. The van der Waals surface area contributed by atoms with Crippen LogP contribution in [0.1, 0.15) is 44.3 Å². The third-order valence-electron chi connectivity index (χ3n) is 5.96. The molecule has 1 atom stereocenters. The van der Waals surface area contributed by atoms with Gasteiger partial charge < -0.3 is 9.88 Å². The highest BCUT2D eigenvalue weighted by molar-refractivity contribution is 6.02. The van der Waals surface area contributed by atoms with Gasteiger partial charge in [-0.25, -0.2) is 0 Å². The Balaban J connectivity index is 1.42. The normalized spacial score (nSPS) is 15.5. The predicted molar refractivity (Wildman–Crippen MR) is 118 cm³/mol. The molecule has 4 nitrogen and oxygen atoms in total. The topological polar surface area (TPSA) is 53.2 Å². The Labute approximate surface area is 175 Å². The van der Waals surface area contributed by atoms with Crippen molar-refractivity contribution in [2.45, 2.75) is 18.9 Å². The van der Waals surface area contributed by atoms with Gasteiger partial charge in [-0.3, -0.25) is 9.59 Å². The molecule has 2 heterocycles. The monoisotopic (exact) mass is 394 g/mol. The Kier molecular flexibility index (Phi) is 4.68. The fourth-order valence-corrected chi connectivity index (χ4v) is 4.42. The average molecular weight is 394 g/mol. The van der Waals surface area contributed by atoms with Crippen LogP contribution in [0.5, 0.6) is 0 Å². The molecule has 30 heavy (non-hydrogen) atoms. The van der Waals surface area contributed by atoms with E-state index in [1.807, 2.05) is 77.8 Å². The number of ketones is 1. The summed E-state index contributed by atoms with van der Waals surface area (Å²) in [5.74, 6) is 0.0681. The van der Waals surface area contributed by atoms with E-state index < -0.39 is 0 Å². The first kappa shape index (κ1) is 18.4. The number of Topliss-reactive ketones (excluding diaryl/α,β-unsaturated/α-hetero) is 1. The van der Waals surface area contributed by atoms with Crippen LogP contribution in [-0.4, -0.2) is 28.1 Å². The number of amides is 1. The van der Waals surface area contributed by atoms with E-state index in [4.69, 9.17) is 0 Å². The van der Waals surface area contributed by atoms with E-state index in [9.17, 15) is 9.59 Å². The molecule has 5 rings (SSSR count). The minimum atomic E-state index is -0.230. The number of aromatic nitrogens is 1. The zero-order chi connectivity index (χ0) is 20.5. The van der Waals surface area contributed by atoms with Crippen molar-refractivity contribution in [3.8, 4) is 0 Å². The van der Waals surface area contributed by atoms with Crippen LogP contribution in [0.4, 0.5) is 0 Å². The van der Waals surface area contributed by atoms with Crippen LogP contribution in [0.25, 0.3) is 10.9 Å². The van der Waals surface area contributed by atoms with Gasteiger partial charge >= 0.3 is 0 Å². The number of fused-ring (bicyclic) bond motifs is 2. The summed E-state index contributed by atoms with van der Waals surface area (Å²) in [6.45, 7) is 0.572. The van der Waals surface area contributed by atoms with Crippen molar-refractivity contribution < 1.29 is 9.59 Å². The third-order valence-corrected chi connectivity index (χ3v) is 5.96. The number of para-hydroxylation sites is 1. The van der Waals surface area contributed by atoms with Gasteiger partial charge in [0.05, 0.1) is 6.04 Å². The quantitative estimate of drug-likeness (QED) is 0.458. The van der Waals surface area contributed by atoms with Crippen molar-refractivity contribution in [2.24, 2.45) is 0 Å². The SMILES string of the molecule is O=C(CC1c2ccccc2C(=O)N1CCc1c[nH]c2ccccc12)c1ccccc1. The first-order valence-electron chi connectivity index (χ1n) is 10.3. The van der Waals surface area contributed by atoms with E-state index >= 15 is 0 Å². The van der Waals surface area contributed by atoms with Gasteiger partial charge in [0.15, 0.2) is 5.78 Å². The van der Waals surface area contributed by atoms with E-state index in [1.54, 1.807) is 0 Å². The lowest BCUT2D eigenvalue weighted by molar-refractivity contribution is 0.0705. The first-order chi connectivity index (χ1) is 14.7. The van der Waals surface area contributed by atoms with Crippen LogP contribution in [0.3, 0.4) is 0 Å². The van der Waals surface area contributed by atoms with Gasteiger partial charge in [-0.2, -0.15) is 0 Å². The molecule has 1 N–H and O–H groups in total. The Bertz CT molecular complexity index is 1230. The maximum atomic E-state index is 13.2. The molecule has 148 valence electrons. The highest BCUT2D eigenvalue weighted by Crippen LogP contribution is 2.37. The molecular weight excluding hydrogens is 372 g/mol. The summed E-state index contributed by atoms with van der Waals surface area (Å²) < 4.78 is 0. The second-order valence-corrected chi connectivity index (χ2v) is 7.70. The number of H-pyrrole nitrogens is 1. The molecule has 1 aliphatic rings. The summed E-state index contributed by atoms with van der Waals surface area (Å²) in [7, 11) is 0. The fraction of sp³-hybridized carbons (Fsp3) is 0.154. The third kappa shape index (κ3) is 3.20. The van der Waals surface area contributed by atoms with E-state index in [1.165, 1.54) is 10.9 Å². The summed E-state index contributed by atoms with van der Waals surface area (Å²) in [6, 6.07) is 24.9. The van der Waals surface area contributed by atoms with Crippen LogP contribution in [0, 0.1) is 0 Å². The van der Waals surface area contributed by atoms with E-state index in [0.29, 0.717) is 24.1 Å². The standard InChI is InChI=1S/C26H22N2O2/c29-25(18-8-2-1-3-9-18)16-24-21-11-4-5-12-22(21)26(30)28(24)15-14-19-17-27-23-13-7-6-10-20(19)23/h1-13,17,24,27H,14-16H2. The highest BCUT2D eigenvalue weighted by Gasteiger charge is 2.37. The first-order valence-corrected chi connectivity index (χ1v) is 10.3. The van der Waals surface area contributed by atoms with Crippen molar-refractivity contribution in [3.05, 3.63) is 107 Å². The van der Waals surface area contributed by atoms with Gasteiger partial charge in [0.2, 0.25) is 0 Å². The van der Waals surface area contributed by atoms with Gasteiger partial charge in [-0.15, -0.1) is 0 Å². The minimum Gasteiger partial charge on any atom is -0.361 e. The summed E-state index contributed by atoms with van der Waals surface area (Å²) in [4.78, 5) is 31.3. The van der Waals surface area contributed by atoms with Gasteiger partial charge in [0.1, 0.15) is 0 Å². The molecule has 3 aromatic carbocycles. The van der Waals surface area contributed by atoms with Crippen LogP contribution in [0.15, 0.2) is 85.1 Å². The molecule has 0 radical (unpaired) electrons. The van der Waals surface area contributed by atoms with Crippen molar-refractivity contribution >= 4 is 22.6 Å². The Morgan fingerprint density at radius 1 is 0.900 bits per heavy atom. The Morgan fingerprint density at radius 3 is 2.50 bits per heavy atom. The van der Waals surface area contributed by atoms with Gasteiger partial charge in [0, 0.05) is 41.2 Å². The number of nitrogens with zero attached hydrogens (tertiary/aromatic N) is 1. The Morgan fingerprint density at radius 2 is 1.63 bits per heavy atom. The lowest BCUT2D eigenvalue weighted by atomic mass is 9.97. The molecular formula is C26H22N2O2. The number of hydrogen-bond acceptors (Lipinski definition) is 2. The van der Waals surface area contributed by atoms with Crippen molar-refractivity contribution in [2.75, 3.05) is 6.54 Å². The second-order valence-electron chi connectivity index (χ2n) is 7.70. The summed E-state index contributed by atoms with van der Waals surface area (Å²) in [6.07, 6.45) is 3.04. The second kappa shape index (κ2) is 7.64. The number of benzene rings is 3. The summed E-state index contributed by atoms with van der Waals surface area (Å²) in [5.41, 5.74) is 4.63. The molecule has 1 aliphatic heterocycles. The molecule has 0 saturated carbocycles. The maximum Gasteiger partial charge on any atom is 0.254 e. The van der Waals surface area contributed by atoms with E-state index in [0.717, 1.165) is 17.5 Å². The largest absolute Gasteiger partial charge is 0.361 e. The van der Waals surface area contributed by atoms with Gasteiger partial charge in [-0.1, -0.05) is 66.7 Å². The van der Waals surface area contributed by atoms with Crippen molar-refractivity contribution in [1.82, 2.24) is 9.88 Å².